The van der Waals surface area contributed by atoms with Gasteiger partial charge in [0.25, 0.3) is 5.91 Å². The Balaban J connectivity index is 1.40. The van der Waals surface area contributed by atoms with Gasteiger partial charge >= 0.3 is 6.03 Å². The number of rotatable bonds is 6. The van der Waals surface area contributed by atoms with Crippen LogP contribution in [0.1, 0.15) is 24.6 Å². The van der Waals surface area contributed by atoms with Gasteiger partial charge in [-0.05, 0) is 24.8 Å². The number of nitrogens with one attached hydrogen (secondary N) is 2. The second kappa shape index (κ2) is 7.70. The van der Waals surface area contributed by atoms with Crippen molar-refractivity contribution in [2.45, 2.75) is 32.4 Å². The number of hydrogen-bond donors (Lipinski definition) is 2. The first kappa shape index (κ1) is 18.6. The van der Waals surface area contributed by atoms with E-state index in [0.717, 1.165) is 15.7 Å². The summed E-state index contributed by atoms with van der Waals surface area (Å²) < 4.78 is 4.93. The smallest absolute Gasteiger partial charge is 0.329 e. The molecular weight excluding hydrogens is 374 g/mol. The lowest BCUT2D eigenvalue weighted by molar-refractivity contribution is -0.122. The van der Waals surface area contributed by atoms with Gasteiger partial charge in [0.1, 0.15) is 6.04 Å². The molecule has 4 rings (SSSR count). The molecule has 2 N–H and O–H groups in total. The molecule has 0 aliphatic carbocycles. The molecule has 9 nitrogen and oxygen atoms in total. The number of carbonyl (C=O) groups is 3. The van der Waals surface area contributed by atoms with Crippen LogP contribution < -0.4 is 15.5 Å². The maximum absolute atomic E-state index is 12.8. The Morgan fingerprint density at radius 2 is 2.00 bits per heavy atom. The molecule has 2 aromatic carbocycles. The third-order valence-electron chi connectivity index (χ3n) is 4.69. The summed E-state index contributed by atoms with van der Waals surface area (Å²) in [7, 11) is 0. The van der Waals surface area contributed by atoms with Crippen molar-refractivity contribution in [1.29, 1.82) is 0 Å². The maximum Gasteiger partial charge on any atom is 0.329 e. The monoisotopic (exact) mass is 393 g/mol. The number of amides is 4. The number of nitrogens with zero attached hydrogens (tertiary/aromatic N) is 3. The first-order valence-electron chi connectivity index (χ1n) is 9.21. The molecule has 0 bridgehead atoms. The average molecular weight is 393 g/mol. The van der Waals surface area contributed by atoms with Crippen molar-refractivity contribution in [3.8, 4) is 0 Å². The van der Waals surface area contributed by atoms with Gasteiger partial charge in [0.05, 0.1) is 12.2 Å². The SMILES string of the molecule is Cc1noc(CNC(=O)CC[C@@H]2NC(=O)N(c3cccc4ccccc34)C2=O)n1. The van der Waals surface area contributed by atoms with Gasteiger partial charge in [0.15, 0.2) is 5.82 Å². The first-order valence-corrected chi connectivity index (χ1v) is 9.21. The molecule has 1 aliphatic rings. The molecule has 0 radical (unpaired) electrons. The number of anilines is 1. The minimum atomic E-state index is -0.752. The fourth-order valence-corrected chi connectivity index (χ4v) is 3.31. The van der Waals surface area contributed by atoms with Crippen LogP contribution in [-0.4, -0.2) is 34.0 Å². The first-order chi connectivity index (χ1) is 14.0. The normalized spacial score (nSPS) is 16.3. The predicted octanol–water partition coefficient (Wildman–Crippen LogP) is 2.05. The highest BCUT2D eigenvalue weighted by Crippen LogP contribution is 2.29. The Morgan fingerprint density at radius 3 is 2.79 bits per heavy atom. The molecule has 1 aliphatic heterocycles. The summed E-state index contributed by atoms with van der Waals surface area (Å²) in [6.45, 7) is 1.80. The average Bonchev–Trinajstić information content (AvgIpc) is 3.26. The van der Waals surface area contributed by atoms with E-state index in [1.165, 1.54) is 0 Å². The largest absolute Gasteiger partial charge is 0.347 e. The molecule has 2 heterocycles. The third kappa shape index (κ3) is 3.79. The van der Waals surface area contributed by atoms with Crippen molar-refractivity contribution in [2.24, 2.45) is 0 Å². The summed E-state index contributed by atoms with van der Waals surface area (Å²) in [5.74, 6) is 0.156. The molecular formula is C20H19N5O4. The molecule has 1 fully saturated rings. The van der Waals surface area contributed by atoms with Gasteiger partial charge in [-0.25, -0.2) is 9.69 Å². The maximum atomic E-state index is 12.8. The lowest BCUT2D eigenvalue weighted by Crippen LogP contribution is -2.32. The van der Waals surface area contributed by atoms with E-state index in [2.05, 4.69) is 20.8 Å². The lowest BCUT2D eigenvalue weighted by atomic mass is 10.1. The number of urea groups is 1. The molecule has 148 valence electrons. The number of fused-ring (bicyclic) bond motifs is 1. The van der Waals surface area contributed by atoms with Crippen molar-refractivity contribution in [2.75, 3.05) is 4.90 Å². The molecule has 1 atom stereocenters. The van der Waals surface area contributed by atoms with Gasteiger partial charge in [0, 0.05) is 11.8 Å². The van der Waals surface area contributed by atoms with Crippen LogP contribution in [0.25, 0.3) is 10.8 Å². The van der Waals surface area contributed by atoms with Gasteiger partial charge < -0.3 is 15.2 Å². The number of hydrogen-bond acceptors (Lipinski definition) is 6. The van der Waals surface area contributed by atoms with E-state index in [1.54, 1.807) is 19.1 Å². The number of carbonyl (C=O) groups excluding carboxylic acids is 3. The number of aromatic nitrogens is 2. The Morgan fingerprint density at radius 1 is 1.21 bits per heavy atom. The summed E-state index contributed by atoms with van der Waals surface area (Å²) >= 11 is 0. The number of benzene rings is 2. The molecule has 0 saturated carbocycles. The second-order valence-corrected chi connectivity index (χ2v) is 6.72. The van der Waals surface area contributed by atoms with Crippen molar-refractivity contribution in [3.63, 3.8) is 0 Å². The fraction of sp³-hybridized carbons (Fsp3) is 0.250. The molecule has 3 aromatic rings. The van der Waals surface area contributed by atoms with E-state index >= 15 is 0 Å². The van der Waals surface area contributed by atoms with Crippen molar-refractivity contribution in [1.82, 2.24) is 20.8 Å². The standard InChI is InChI=1S/C20H19N5O4/c1-12-22-18(29-24-12)11-21-17(26)10-9-15-19(27)25(20(28)23-15)16-8-4-6-13-5-2-3-7-14(13)16/h2-8,15H,9-11H2,1H3,(H,21,26)(H,23,28)/t15-/m0/s1. The quantitative estimate of drug-likeness (QED) is 0.619. The van der Waals surface area contributed by atoms with Crippen LogP contribution in [0.4, 0.5) is 10.5 Å². The van der Waals surface area contributed by atoms with Crippen LogP contribution in [0.3, 0.4) is 0 Å². The minimum Gasteiger partial charge on any atom is -0.347 e. The molecule has 1 saturated heterocycles. The van der Waals surface area contributed by atoms with Crippen molar-refractivity contribution < 1.29 is 18.9 Å². The molecule has 29 heavy (non-hydrogen) atoms. The van der Waals surface area contributed by atoms with Gasteiger partial charge in [-0.3, -0.25) is 9.59 Å². The van der Waals surface area contributed by atoms with Gasteiger partial charge in [-0.1, -0.05) is 41.6 Å². The molecule has 4 amide bonds. The minimum absolute atomic E-state index is 0.0766. The van der Waals surface area contributed by atoms with E-state index in [9.17, 15) is 14.4 Å². The Labute approximate surface area is 166 Å². The van der Waals surface area contributed by atoms with Gasteiger partial charge in [-0.15, -0.1) is 0 Å². The van der Waals surface area contributed by atoms with Crippen LogP contribution in [0.15, 0.2) is 47.0 Å². The summed E-state index contributed by atoms with van der Waals surface area (Å²) in [6, 6.07) is 11.8. The summed E-state index contributed by atoms with van der Waals surface area (Å²) in [6.07, 6.45) is 0.272. The fourth-order valence-electron chi connectivity index (χ4n) is 3.31. The zero-order chi connectivity index (χ0) is 20.4. The van der Waals surface area contributed by atoms with E-state index in [0.29, 0.717) is 17.4 Å². The zero-order valence-corrected chi connectivity index (χ0v) is 15.7. The molecule has 0 unspecified atom stereocenters. The van der Waals surface area contributed by atoms with E-state index in [4.69, 9.17) is 4.52 Å². The summed E-state index contributed by atoms with van der Waals surface area (Å²) in [4.78, 5) is 42.5. The van der Waals surface area contributed by atoms with Crippen LogP contribution in [-0.2, 0) is 16.1 Å². The number of aryl methyl sites for hydroxylation is 1. The highest BCUT2D eigenvalue weighted by molar-refractivity contribution is 6.24. The third-order valence-corrected chi connectivity index (χ3v) is 4.69. The number of imide groups is 1. The summed E-state index contributed by atoms with van der Waals surface area (Å²) in [5, 5.41) is 10.7. The van der Waals surface area contributed by atoms with E-state index in [1.807, 2.05) is 30.3 Å². The Hall–Kier alpha value is -3.75. The second-order valence-electron chi connectivity index (χ2n) is 6.72. The topological polar surface area (TPSA) is 117 Å². The van der Waals surface area contributed by atoms with Crippen LogP contribution in [0.2, 0.25) is 0 Å². The lowest BCUT2D eigenvalue weighted by Gasteiger charge is -2.15. The highest BCUT2D eigenvalue weighted by atomic mass is 16.5. The molecule has 1 aromatic heterocycles. The van der Waals surface area contributed by atoms with Crippen molar-refractivity contribution in [3.05, 3.63) is 54.2 Å². The Kier molecular flexibility index (Phi) is 4.94. The van der Waals surface area contributed by atoms with Gasteiger partial charge in [0.2, 0.25) is 11.8 Å². The predicted molar refractivity (Wildman–Crippen MR) is 104 cm³/mol. The van der Waals surface area contributed by atoms with Crippen LogP contribution in [0.5, 0.6) is 0 Å². The molecule has 9 heteroatoms. The van der Waals surface area contributed by atoms with E-state index in [-0.39, 0.29) is 31.2 Å². The Bertz CT molecular complexity index is 1090. The highest BCUT2D eigenvalue weighted by Gasteiger charge is 2.39. The van der Waals surface area contributed by atoms with Crippen LogP contribution >= 0.6 is 0 Å². The van der Waals surface area contributed by atoms with Crippen LogP contribution in [0, 0.1) is 6.92 Å². The zero-order valence-electron chi connectivity index (χ0n) is 15.7. The van der Waals surface area contributed by atoms with Gasteiger partial charge in [-0.2, -0.15) is 4.98 Å². The summed E-state index contributed by atoms with van der Waals surface area (Å²) in [5.41, 5.74) is 0.532. The van der Waals surface area contributed by atoms with E-state index < -0.39 is 12.1 Å². The molecule has 0 spiro atoms. The van der Waals surface area contributed by atoms with Crippen molar-refractivity contribution >= 4 is 34.3 Å².